The Morgan fingerprint density at radius 3 is 2.87 bits per heavy atom. The molecule has 0 unspecified atom stereocenters. The van der Waals surface area contributed by atoms with Crippen LogP contribution >= 0.6 is 11.3 Å². The number of piperidine rings is 1. The van der Waals surface area contributed by atoms with E-state index < -0.39 is 11.4 Å². The number of carbonyl (C=O) groups excluding carboxylic acids is 1. The van der Waals surface area contributed by atoms with E-state index in [4.69, 9.17) is 4.74 Å². The zero-order valence-electron chi connectivity index (χ0n) is 13.5. The van der Waals surface area contributed by atoms with Gasteiger partial charge in [0.2, 0.25) is 0 Å². The first kappa shape index (κ1) is 16.5. The molecule has 23 heavy (non-hydrogen) atoms. The third-order valence-electron chi connectivity index (χ3n) is 5.03. The van der Waals surface area contributed by atoms with Crippen LogP contribution in [0, 0.1) is 5.41 Å². The number of ether oxygens (including phenoxy) is 1. The van der Waals surface area contributed by atoms with Crippen LogP contribution in [0.1, 0.15) is 46.5 Å². The lowest BCUT2D eigenvalue weighted by atomic mass is 9.80. The smallest absolute Gasteiger partial charge is 0.313 e. The second-order valence-electron chi connectivity index (χ2n) is 6.61. The SMILES string of the molecule is COC[C@@]1(C(=O)O)CCCN(C(=O)c2csc3c2CCCC3)C1. The predicted octanol–water partition coefficient (Wildman–Crippen LogP) is 2.58. The number of hydrogen-bond donors (Lipinski definition) is 1. The number of carboxylic acid groups (broad SMARTS) is 1. The predicted molar refractivity (Wildman–Crippen MR) is 88.0 cm³/mol. The standard InChI is InChI=1S/C17H23NO4S/c1-22-11-17(16(20)21)7-4-8-18(10-17)15(19)13-9-23-14-6-3-2-5-12(13)14/h9H,2-8,10-11H2,1H3,(H,20,21)/t17-/m1/s1. The molecule has 1 aromatic rings. The maximum Gasteiger partial charge on any atom is 0.313 e. The maximum absolute atomic E-state index is 12.9. The number of nitrogens with zero attached hydrogens (tertiary/aromatic N) is 1. The Bertz CT molecular complexity index is 608. The molecule has 0 spiro atoms. The number of aliphatic carboxylic acids is 1. The molecule has 1 saturated heterocycles. The van der Waals surface area contributed by atoms with Gasteiger partial charge in [0, 0.05) is 30.5 Å². The van der Waals surface area contributed by atoms with Crippen LogP contribution in [0.4, 0.5) is 0 Å². The number of likely N-dealkylation sites (tertiary alicyclic amines) is 1. The summed E-state index contributed by atoms with van der Waals surface area (Å²) in [6.07, 6.45) is 5.62. The van der Waals surface area contributed by atoms with E-state index in [2.05, 4.69) is 0 Å². The van der Waals surface area contributed by atoms with Crippen molar-refractivity contribution in [1.82, 2.24) is 4.90 Å². The lowest BCUT2D eigenvalue weighted by Gasteiger charge is -2.39. The van der Waals surface area contributed by atoms with E-state index in [1.807, 2.05) is 5.38 Å². The van der Waals surface area contributed by atoms with Crippen molar-refractivity contribution < 1.29 is 19.4 Å². The molecular weight excluding hydrogens is 314 g/mol. The van der Waals surface area contributed by atoms with Crippen LogP contribution in [-0.2, 0) is 22.4 Å². The van der Waals surface area contributed by atoms with Gasteiger partial charge in [-0.05, 0) is 44.1 Å². The molecule has 1 aliphatic heterocycles. The first-order valence-corrected chi connectivity index (χ1v) is 9.06. The van der Waals surface area contributed by atoms with Gasteiger partial charge in [-0.25, -0.2) is 0 Å². The number of amides is 1. The van der Waals surface area contributed by atoms with Gasteiger partial charge in [-0.15, -0.1) is 11.3 Å². The Balaban J connectivity index is 1.82. The Hall–Kier alpha value is -1.40. The van der Waals surface area contributed by atoms with E-state index in [0.29, 0.717) is 19.4 Å². The zero-order chi connectivity index (χ0) is 16.4. The molecule has 0 bridgehead atoms. The summed E-state index contributed by atoms with van der Waals surface area (Å²) in [5, 5.41) is 11.6. The number of methoxy groups -OCH3 is 1. The number of carbonyl (C=O) groups is 2. The average molecular weight is 337 g/mol. The minimum Gasteiger partial charge on any atom is -0.481 e. The van der Waals surface area contributed by atoms with Crippen LogP contribution in [0.15, 0.2) is 5.38 Å². The fourth-order valence-corrected chi connectivity index (χ4v) is 4.90. The van der Waals surface area contributed by atoms with E-state index in [-0.39, 0.29) is 19.1 Å². The van der Waals surface area contributed by atoms with Crippen LogP contribution in [0.2, 0.25) is 0 Å². The number of aryl methyl sites for hydroxylation is 1. The second-order valence-corrected chi connectivity index (χ2v) is 7.57. The fraction of sp³-hybridized carbons (Fsp3) is 0.647. The summed E-state index contributed by atoms with van der Waals surface area (Å²) in [5.74, 6) is -0.880. The van der Waals surface area contributed by atoms with Crippen LogP contribution < -0.4 is 0 Å². The first-order chi connectivity index (χ1) is 11.1. The highest BCUT2D eigenvalue weighted by Crippen LogP contribution is 2.34. The molecule has 1 aliphatic carbocycles. The summed E-state index contributed by atoms with van der Waals surface area (Å²) in [4.78, 5) is 27.7. The molecule has 1 atom stereocenters. The molecule has 0 aromatic carbocycles. The van der Waals surface area contributed by atoms with Crippen molar-refractivity contribution in [2.45, 2.75) is 38.5 Å². The van der Waals surface area contributed by atoms with Crippen molar-refractivity contribution in [3.63, 3.8) is 0 Å². The Morgan fingerprint density at radius 2 is 2.13 bits per heavy atom. The molecular formula is C17H23NO4S. The van der Waals surface area contributed by atoms with Gasteiger partial charge in [0.1, 0.15) is 5.41 Å². The first-order valence-electron chi connectivity index (χ1n) is 8.18. The third-order valence-corrected chi connectivity index (χ3v) is 6.12. The van der Waals surface area contributed by atoms with Crippen LogP contribution in [0.25, 0.3) is 0 Å². The van der Waals surface area contributed by atoms with Crippen molar-refractivity contribution in [1.29, 1.82) is 0 Å². The molecule has 5 nitrogen and oxygen atoms in total. The molecule has 6 heteroatoms. The van der Waals surface area contributed by atoms with E-state index in [0.717, 1.165) is 24.8 Å². The summed E-state index contributed by atoms with van der Waals surface area (Å²) in [5.41, 5.74) is 1.02. The van der Waals surface area contributed by atoms with Gasteiger partial charge in [0.05, 0.1) is 12.2 Å². The Morgan fingerprint density at radius 1 is 1.35 bits per heavy atom. The van der Waals surface area contributed by atoms with Crippen molar-refractivity contribution in [2.75, 3.05) is 26.8 Å². The Kier molecular flexibility index (Phi) is 4.73. The minimum atomic E-state index is -0.973. The van der Waals surface area contributed by atoms with Gasteiger partial charge in [-0.1, -0.05) is 0 Å². The maximum atomic E-state index is 12.9. The second kappa shape index (κ2) is 6.61. The monoisotopic (exact) mass is 337 g/mol. The molecule has 2 aliphatic rings. The number of fused-ring (bicyclic) bond motifs is 1. The largest absolute Gasteiger partial charge is 0.481 e. The molecule has 0 radical (unpaired) electrons. The van der Waals surface area contributed by atoms with Crippen molar-refractivity contribution in [3.8, 4) is 0 Å². The third kappa shape index (κ3) is 3.02. The lowest BCUT2D eigenvalue weighted by molar-refractivity contribution is -0.155. The molecule has 126 valence electrons. The van der Waals surface area contributed by atoms with Gasteiger partial charge < -0.3 is 14.7 Å². The molecule has 3 rings (SSSR count). The van der Waals surface area contributed by atoms with Gasteiger partial charge in [0.25, 0.3) is 5.91 Å². The minimum absolute atomic E-state index is 0.00849. The van der Waals surface area contributed by atoms with E-state index >= 15 is 0 Å². The van der Waals surface area contributed by atoms with Crippen LogP contribution in [-0.4, -0.2) is 48.7 Å². The van der Waals surface area contributed by atoms with Gasteiger partial charge in [0.15, 0.2) is 0 Å². The lowest BCUT2D eigenvalue weighted by Crippen LogP contribution is -2.52. The molecule has 1 amide bonds. The average Bonchev–Trinajstić information content (AvgIpc) is 2.98. The fourth-order valence-electron chi connectivity index (χ4n) is 3.78. The highest BCUT2D eigenvalue weighted by molar-refractivity contribution is 7.10. The van der Waals surface area contributed by atoms with Crippen LogP contribution in [0.5, 0.6) is 0 Å². The summed E-state index contributed by atoms with van der Waals surface area (Å²) in [6, 6.07) is 0. The van der Waals surface area contributed by atoms with E-state index in [1.165, 1.54) is 24.0 Å². The van der Waals surface area contributed by atoms with Crippen molar-refractivity contribution in [2.24, 2.45) is 5.41 Å². The van der Waals surface area contributed by atoms with Gasteiger partial charge in [-0.3, -0.25) is 9.59 Å². The number of thiophene rings is 1. The van der Waals surface area contributed by atoms with Crippen LogP contribution in [0.3, 0.4) is 0 Å². The molecule has 1 fully saturated rings. The summed E-state index contributed by atoms with van der Waals surface area (Å²) in [7, 11) is 1.51. The summed E-state index contributed by atoms with van der Waals surface area (Å²) in [6.45, 7) is 1.01. The molecule has 2 heterocycles. The number of hydrogen-bond acceptors (Lipinski definition) is 4. The summed E-state index contributed by atoms with van der Waals surface area (Å²) >= 11 is 1.67. The number of rotatable bonds is 4. The highest BCUT2D eigenvalue weighted by Gasteiger charge is 2.44. The highest BCUT2D eigenvalue weighted by atomic mass is 32.1. The molecule has 1 N–H and O–H groups in total. The van der Waals surface area contributed by atoms with E-state index in [1.54, 1.807) is 16.2 Å². The quantitative estimate of drug-likeness (QED) is 0.917. The molecule has 0 saturated carbocycles. The number of carboxylic acids is 1. The normalized spacial score (nSPS) is 24.3. The van der Waals surface area contributed by atoms with E-state index in [9.17, 15) is 14.7 Å². The van der Waals surface area contributed by atoms with Crippen molar-refractivity contribution >= 4 is 23.2 Å². The topological polar surface area (TPSA) is 66.8 Å². The zero-order valence-corrected chi connectivity index (χ0v) is 14.3. The Labute approximate surface area is 140 Å². The van der Waals surface area contributed by atoms with Gasteiger partial charge >= 0.3 is 5.97 Å². The summed E-state index contributed by atoms with van der Waals surface area (Å²) < 4.78 is 5.14. The van der Waals surface area contributed by atoms with Crippen molar-refractivity contribution in [3.05, 3.63) is 21.4 Å². The van der Waals surface area contributed by atoms with Gasteiger partial charge in [-0.2, -0.15) is 0 Å². The molecule has 1 aromatic heterocycles.